The molecule has 0 amide bonds. The number of amidine groups is 1. The number of benzene rings is 1. The normalized spacial score (nSPS) is 24.5. The van der Waals surface area contributed by atoms with Crippen LogP contribution in [0.15, 0.2) is 41.0 Å². The largest absolute Gasteiger partial charge is 0.404 e. The van der Waals surface area contributed by atoms with E-state index >= 15 is 0 Å². The Kier molecular flexibility index (Phi) is 9.53. The van der Waals surface area contributed by atoms with E-state index in [1.807, 2.05) is 25.1 Å². The lowest BCUT2D eigenvalue weighted by Crippen LogP contribution is -2.36. The minimum atomic E-state index is -2.96. The van der Waals surface area contributed by atoms with Crippen LogP contribution < -0.4 is 21.5 Å². The summed E-state index contributed by atoms with van der Waals surface area (Å²) in [5.41, 5.74) is 9.79. The summed E-state index contributed by atoms with van der Waals surface area (Å²) in [4.78, 5) is 19.7. The molecule has 9 nitrogen and oxygen atoms in total. The lowest BCUT2D eigenvalue weighted by molar-refractivity contribution is 0.104. The fourth-order valence-electron chi connectivity index (χ4n) is 5.15. The van der Waals surface area contributed by atoms with Crippen molar-refractivity contribution in [2.45, 2.75) is 44.7 Å². The number of hydrogen-bond acceptors (Lipinski definition) is 9. The zero-order valence-corrected chi connectivity index (χ0v) is 24.2. The lowest BCUT2D eigenvalue weighted by atomic mass is 9.90. The molecule has 0 spiro atoms. The van der Waals surface area contributed by atoms with Gasteiger partial charge in [0.2, 0.25) is 5.78 Å². The number of nitrogens with one attached hydrogen (secondary N) is 2. The molecule has 2 heterocycles. The van der Waals surface area contributed by atoms with E-state index in [1.165, 1.54) is 30.2 Å². The smallest absolute Gasteiger partial charge is 0.208 e. The standard InChI is InChI=1S/C26H36ClN5O4S2/c1-15-20(24-21-11-18(27)6-5-17(21)8-9-31-24)12-23(37-15)25(33)22(13-28)26(30-2)32-19-7-4-16(10-19)14-36-38(29,34)35-3/h5-6,11-13,16,19,24,31,34H,4,7-10,14,28-29H2,1-3H3,(H,30,32)/b22-13-. The third kappa shape index (κ3) is 6.60. The molecule has 1 aliphatic heterocycles. The average Bonchev–Trinajstić information content (AvgIpc) is 3.53. The molecule has 38 heavy (non-hydrogen) atoms. The maximum Gasteiger partial charge on any atom is 0.208 e. The van der Waals surface area contributed by atoms with E-state index in [-0.39, 0.29) is 23.8 Å². The first kappa shape index (κ1) is 29.0. The number of thiophene rings is 1. The molecule has 12 heteroatoms. The summed E-state index contributed by atoms with van der Waals surface area (Å²) >= 11 is 4.80. The summed E-state index contributed by atoms with van der Waals surface area (Å²) in [6.45, 7) is 3.18. The maximum atomic E-state index is 13.6. The number of Topliss-reactive ketones (excluding diaryl/α,β-unsaturated/α-hetero) is 1. The van der Waals surface area contributed by atoms with Crippen LogP contribution in [0.5, 0.6) is 0 Å². The second-order valence-electron chi connectivity index (χ2n) is 9.57. The number of fused-ring (bicyclic) bond motifs is 1. The SMILES string of the molecule is CN=C(NC1CCC(COS(N)(O)OC)C1)/C(=C\N)C(=O)c1cc(C2NCCc3ccc(Cl)cc32)c(C)s1. The minimum Gasteiger partial charge on any atom is -0.404 e. The van der Waals surface area contributed by atoms with Gasteiger partial charge in [-0.25, -0.2) is 5.14 Å². The number of nitrogens with two attached hydrogens (primary N) is 2. The van der Waals surface area contributed by atoms with Crippen molar-refractivity contribution in [1.29, 1.82) is 0 Å². The van der Waals surface area contributed by atoms with Crippen molar-refractivity contribution in [2.24, 2.45) is 21.8 Å². The van der Waals surface area contributed by atoms with Crippen LogP contribution in [0.2, 0.25) is 5.02 Å². The van der Waals surface area contributed by atoms with E-state index in [9.17, 15) is 9.35 Å². The van der Waals surface area contributed by atoms with Gasteiger partial charge in [-0.05, 0) is 73.4 Å². The van der Waals surface area contributed by atoms with Crippen molar-refractivity contribution < 1.29 is 17.7 Å². The van der Waals surface area contributed by atoms with Crippen LogP contribution in [0.25, 0.3) is 0 Å². The van der Waals surface area contributed by atoms with Gasteiger partial charge >= 0.3 is 0 Å². The first-order valence-electron chi connectivity index (χ1n) is 12.5. The molecular formula is C26H36ClN5O4S2. The number of nitrogens with zero attached hydrogens (tertiary/aromatic N) is 1. The quantitative estimate of drug-likeness (QED) is 0.127. The summed E-state index contributed by atoms with van der Waals surface area (Å²) in [6.07, 6.45) is 4.79. The highest BCUT2D eigenvalue weighted by atomic mass is 35.5. The molecule has 4 unspecified atom stereocenters. The first-order valence-corrected chi connectivity index (χ1v) is 15.2. The zero-order chi connectivity index (χ0) is 27.4. The summed E-state index contributed by atoms with van der Waals surface area (Å²) in [5.74, 6) is 0.491. The van der Waals surface area contributed by atoms with Gasteiger partial charge in [0.25, 0.3) is 0 Å². The molecule has 0 radical (unpaired) electrons. The Morgan fingerprint density at radius 1 is 1.37 bits per heavy atom. The Morgan fingerprint density at radius 3 is 2.87 bits per heavy atom. The number of ketones is 1. The fraction of sp³-hybridized carbons (Fsp3) is 0.462. The van der Waals surface area contributed by atoms with Gasteiger partial charge in [0.1, 0.15) is 5.84 Å². The molecule has 1 fully saturated rings. The van der Waals surface area contributed by atoms with Gasteiger partial charge in [0, 0.05) is 35.7 Å². The second-order valence-corrected chi connectivity index (χ2v) is 12.9. The molecule has 2 aromatic rings. The van der Waals surface area contributed by atoms with Crippen LogP contribution in [-0.2, 0) is 14.8 Å². The van der Waals surface area contributed by atoms with E-state index < -0.39 is 11.1 Å². The Morgan fingerprint density at radius 2 is 2.16 bits per heavy atom. The number of carbonyl (C=O) groups excluding carboxylic acids is 1. The van der Waals surface area contributed by atoms with E-state index in [4.69, 9.17) is 30.8 Å². The molecule has 1 aromatic carbocycles. The Labute approximate surface area is 234 Å². The Balaban J connectivity index is 1.46. The monoisotopic (exact) mass is 581 g/mol. The average molecular weight is 582 g/mol. The molecular weight excluding hydrogens is 546 g/mol. The van der Waals surface area contributed by atoms with Crippen LogP contribution in [-0.4, -0.2) is 49.5 Å². The molecule has 208 valence electrons. The van der Waals surface area contributed by atoms with Gasteiger partial charge in [0.15, 0.2) is 11.1 Å². The number of hydrogen-bond donors (Lipinski definition) is 5. The third-order valence-corrected chi connectivity index (χ3v) is 9.39. The van der Waals surface area contributed by atoms with E-state index in [1.54, 1.807) is 7.05 Å². The van der Waals surface area contributed by atoms with Crippen molar-refractivity contribution in [3.63, 3.8) is 0 Å². The first-order chi connectivity index (χ1) is 18.2. The van der Waals surface area contributed by atoms with Crippen LogP contribution >= 0.6 is 34.0 Å². The number of aryl methyl sites for hydroxylation is 1. The highest BCUT2D eigenvalue weighted by molar-refractivity contribution is 8.19. The molecule has 7 N–H and O–H groups in total. The highest BCUT2D eigenvalue weighted by Crippen LogP contribution is 2.39. The Bertz CT molecular complexity index is 1230. The summed E-state index contributed by atoms with van der Waals surface area (Å²) < 4.78 is 19.9. The highest BCUT2D eigenvalue weighted by Gasteiger charge is 2.31. The molecule has 4 atom stereocenters. The van der Waals surface area contributed by atoms with Crippen molar-refractivity contribution in [3.8, 4) is 0 Å². The van der Waals surface area contributed by atoms with Crippen molar-refractivity contribution in [1.82, 2.24) is 10.6 Å². The fourth-order valence-corrected chi connectivity index (χ4v) is 6.82. The molecule has 1 saturated carbocycles. The predicted octanol–water partition coefficient (Wildman–Crippen LogP) is 4.40. The third-order valence-electron chi connectivity index (χ3n) is 7.14. The Hall–Kier alpha value is -1.96. The van der Waals surface area contributed by atoms with E-state index in [2.05, 4.69) is 21.7 Å². The molecule has 0 bridgehead atoms. The number of carbonyl (C=O) groups is 1. The van der Waals surface area contributed by atoms with Gasteiger partial charge in [-0.15, -0.1) is 11.3 Å². The minimum absolute atomic E-state index is 0.0262. The van der Waals surface area contributed by atoms with Crippen LogP contribution in [0.4, 0.5) is 0 Å². The van der Waals surface area contributed by atoms with Gasteiger partial charge in [0.05, 0.1) is 30.2 Å². The van der Waals surface area contributed by atoms with Crippen molar-refractivity contribution in [2.75, 3.05) is 27.3 Å². The predicted molar refractivity (Wildman–Crippen MR) is 156 cm³/mol. The number of aliphatic imine (C=N–C) groups is 1. The molecule has 4 rings (SSSR count). The zero-order valence-electron chi connectivity index (χ0n) is 21.8. The van der Waals surface area contributed by atoms with Gasteiger partial charge < -0.3 is 16.4 Å². The summed E-state index contributed by atoms with van der Waals surface area (Å²) in [7, 11) is 2.96. The van der Waals surface area contributed by atoms with Crippen molar-refractivity contribution in [3.05, 3.63) is 67.5 Å². The van der Waals surface area contributed by atoms with Crippen LogP contribution in [0, 0.1) is 12.8 Å². The van der Waals surface area contributed by atoms with Gasteiger partial charge in [-0.2, -0.15) is 0 Å². The molecule has 1 aliphatic carbocycles. The topological polar surface area (TPSA) is 144 Å². The number of rotatable bonds is 9. The summed E-state index contributed by atoms with van der Waals surface area (Å²) in [6, 6.07) is 8.03. The summed E-state index contributed by atoms with van der Waals surface area (Å²) in [5, 5.41) is 13.2. The van der Waals surface area contributed by atoms with Crippen molar-refractivity contribution >= 4 is 45.6 Å². The van der Waals surface area contributed by atoms with Gasteiger partial charge in [-0.1, -0.05) is 17.7 Å². The lowest BCUT2D eigenvalue weighted by Gasteiger charge is -2.27. The van der Waals surface area contributed by atoms with Crippen LogP contribution in [0.1, 0.15) is 56.5 Å². The number of halogens is 1. The molecule has 0 saturated heterocycles. The second kappa shape index (κ2) is 12.5. The molecule has 1 aromatic heterocycles. The maximum absolute atomic E-state index is 13.6. The van der Waals surface area contributed by atoms with E-state index in [0.717, 1.165) is 48.2 Å². The molecule has 2 aliphatic rings. The van der Waals surface area contributed by atoms with E-state index in [0.29, 0.717) is 27.9 Å². The van der Waals surface area contributed by atoms with Gasteiger partial charge in [-0.3, -0.25) is 22.7 Å². The van der Waals surface area contributed by atoms with Crippen LogP contribution in [0.3, 0.4) is 0 Å².